The molecule has 1 aromatic carbocycles. The molecule has 7 heteroatoms. The van der Waals surface area contributed by atoms with Crippen LogP contribution in [-0.2, 0) is 4.74 Å². The molecule has 27 heavy (non-hydrogen) atoms. The van der Waals surface area contributed by atoms with Crippen LogP contribution in [0.25, 0.3) is 11.3 Å². The number of aromatic nitrogens is 2. The number of ether oxygens (including phenoxy) is 2. The van der Waals surface area contributed by atoms with Gasteiger partial charge in [0.05, 0.1) is 12.3 Å². The van der Waals surface area contributed by atoms with E-state index < -0.39 is 0 Å². The summed E-state index contributed by atoms with van der Waals surface area (Å²) in [4.78, 5) is 20.8. The molecule has 0 bridgehead atoms. The largest absolute Gasteiger partial charge is 0.491 e. The van der Waals surface area contributed by atoms with Crippen LogP contribution in [0.3, 0.4) is 0 Å². The van der Waals surface area contributed by atoms with Crippen molar-refractivity contribution in [3.63, 3.8) is 0 Å². The molecule has 2 heterocycles. The van der Waals surface area contributed by atoms with Crippen molar-refractivity contribution in [2.24, 2.45) is 0 Å². The van der Waals surface area contributed by atoms with Crippen molar-refractivity contribution in [3.8, 4) is 17.0 Å². The number of rotatable bonds is 7. The average molecular weight is 383 g/mol. The molecule has 1 amide bonds. The Morgan fingerprint density at radius 1 is 1.15 bits per heavy atom. The minimum atomic E-state index is -0.200. The highest BCUT2D eigenvalue weighted by Gasteiger charge is 2.14. The number of hydrogen-bond donors (Lipinski definition) is 1. The fraction of sp³-hybridized carbons (Fsp3) is 0.250. The molecule has 0 aliphatic rings. The third-order valence-corrected chi connectivity index (χ3v) is 4.74. The first-order valence-corrected chi connectivity index (χ1v) is 9.36. The molecule has 0 atom stereocenters. The minimum Gasteiger partial charge on any atom is -0.491 e. The summed E-state index contributed by atoms with van der Waals surface area (Å²) in [5.74, 6) is 0.612. The number of nitrogens with zero attached hydrogens (tertiary/aromatic N) is 2. The van der Waals surface area contributed by atoms with Crippen LogP contribution < -0.4 is 10.1 Å². The molecule has 0 radical (unpaired) electrons. The number of amides is 1. The molecule has 0 fully saturated rings. The molecule has 0 aliphatic heterocycles. The van der Waals surface area contributed by atoms with Crippen LogP contribution in [0.15, 0.2) is 42.0 Å². The van der Waals surface area contributed by atoms with Gasteiger partial charge < -0.3 is 9.47 Å². The van der Waals surface area contributed by atoms with Gasteiger partial charge in [0, 0.05) is 36.0 Å². The van der Waals surface area contributed by atoms with Gasteiger partial charge in [0.2, 0.25) is 0 Å². The van der Waals surface area contributed by atoms with E-state index >= 15 is 0 Å². The van der Waals surface area contributed by atoms with Gasteiger partial charge in [0.15, 0.2) is 5.13 Å². The lowest BCUT2D eigenvalue weighted by Crippen LogP contribution is -2.11. The molecule has 6 nitrogen and oxygen atoms in total. The second kappa shape index (κ2) is 8.75. The third kappa shape index (κ3) is 4.69. The number of carbonyl (C=O) groups excluding carboxylic acids is 1. The van der Waals surface area contributed by atoms with Gasteiger partial charge in [0.25, 0.3) is 5.91 Å². The quantitative estimate of drug-likeness (QED) is 0.622. The lowest BCUT2D eigenvalue weighted by Gasteiger charge is -2.12. The Morgan fingerprint density at radius 3 is 2.52 bits per heavy atom. The molecule has 0 saturated carbocycles. The number of pyridine rings is 1. The maximum absolute atomic E-state index is 12.3. The Balaban J connectivity index is 1.77. The Kier molecular flexibility index (Phi) is 6.16. The smallest absolute Gasteiger partial charge is 0.257 e. The van der Waals surface area contributed by atoms with E-state index in [2.05, 4.69) is 15.3 Å². The molecule has 0 saturated heterocycles. The maximum atomic E-state index is 12.3. The van der Waals surface area contributed by atoms with Gasteiger partial charge in [-0.05, 0) is 49.2 Å². The van der Waals surface area contributed by atoms with Gasteiger partial charge in [-0.3, -0.25) is 15.1 Å². The Morgan fingerprint density at radius 2 is 1.85 bits per heavy atom. The van der Waals surface area contributed by atoms with Crippen molar-refractivity contribution in [1.29, 1.82) is 0 Å². The molecule has 3 rings (SSSR count). The van der Waals surface area contributed by atoms with E-state index in [9.17, 15) is 4.79 Å². The molecular weight excluding hydrogens is 362 g/mol. The van der Waals surface area contributed by atoms with Crippen LogP contribution >= 0.6 is 11.3 Å². The van der Waals surface area contributed by atoms with Crippen LogP contribution in [0.2, 0.25) is 0 Å². The first-order valence-electron chi connectivity index (χ1n) is 8.48. The average Bonchev–Trinajstić information content (AvgIpc) is 3.10. The van der Waals surface area contributed by atoms with E-state index in [1.807, 2.05) is 31.4 Å². The summed E-state index contributed by atoms with van der Waals surface area (Å²) in [6, 6.07) is 7.32. The van der Waals surface area contributed by atoms with Crippen LogP contribution in [-0.4, -0.2) is 36.2 Å². The number of benzene rings is 1. The first-order chi connectivity index (χ1) is 13.1. The van der Waals surface area contributed by atoms with Gasteiger partial charge in [-0.15, -0.1) is 11.3 Å². The Labute approximate surface area is 162 Å². The monoisotopic (exact) mass is 383 g/mol. The van der Waals surface area contributed by atoms with Gasteiger partial charge in [-0.1, -0.05) is 0 Å². The topological polar surface area (TPSA) is 73.3 Å². The third-order valence-electron chi connectivity index (χ3n) is 3.99. The van der Waals surface area contributed by atoms with Crippen molar-refractivity contribution >= 4 is 22.4 Å². The minimum absolute atomic E-state index is 0.200. The Bertz CT molecular complexity index is 902. The summed E-state index contributed by atoms with van der Waals surface area (Å²) in [6.45, 7) is 5.11. The number of nitrogens with one attached hydrogen (secondary N) is 1. The zero-order valence-electron chi connectivity index (χ0n) is 15.5. The lowest BCUT2D eigenvalue weighted by atomic mass is 10.0. The van der Waals surface area contributed by atoms with E-state index in [1.54, 1.807) is 31.6 Å². The predicted molar refractivity (Wildman–Crippen MR) is 107 cm³/mol. The number of methoxy groups -OCH3 is 1. The molecule has 2 aromatic heterocycles. The summed E-state index contributed by atoms with van der Waals surface area (Å²) >= 11 is 1.40. The van der Waals surface area contributed by atoms with Gasteiger partial charge in [-0.25, -0.2) is 4.98 Å². The second-order valence-corrected chi connectivity index (χ2v) is 6.86. The lowest BCUT2D eigenvalue weighted by molar-refractivity contribution is 0.102. The number of carbonyl (C=O) groups is 1. The van der Waals surface area contributed by atoms with Crippen LogP contribution in [0.5, 0.6) is 5.75 Å². The number of anilines is 1. The predicted octanol–water partition coefficient (Wildman–Crippen LogP) is 4.10. The fourth-order valence-electron chi connectivity index (χ4n) is 2.77. The highest BCUT2D eigenvalue weighted by atomic mass is 32.1. The summed E-state index contributed by atoms with van der Waals surface area (Å²) < 4.78 is 10.7. The van der Waals surface area contributed by atoms with Crippen LogP contribution in [0, 0.1) is 13.8 Å². The molecule has 3 aromatic rings. The van der Waals surface area contributed by atoms with Crippen LogP contribution in [0.4, 0.5) is 5.13 Å². The highest BCUT2D eigenvalue weighted by molar-refractivity contribution is 7.14. The van der Waals surface area contributed by atoms with Gasteiger partial charge in [0.1, 0.15) is 12.4 Å². The summed E-state index contributed by atoms with van der Waals surface area (Å²) in [6.07, 6.45) is 3.18. The van der Waals surface area contributed by atoms with Crippen molar-refractivity contribution < 1.29 is 14.3 Å². The second-order valence-electron chi connectivity index (χ2n) is 6.00. The molecule has 0 unspecified atom stereocenters. The maximum Gasteiger partial charge on any atom is 0.257 e. The summed E-state index contributed by atoms with van der Waals surface area (Å²) in [5.41, 5.74) is 4.57. The van der Waals surface area contributed by atoms with Gasteiger partial charge >= 0.3 is 0 Å². The fourth-order valence-corrected chi connectivity index (χ4v) is 3.47. The van der Waals surface area contributed by atoms with E-state index in [0.717, 1.165) is 28.1 Å². The number of hydrogen-bond acceptors (Lipinski definition) is 6. The van der Waals surface area contributed by atoms with E-state index in [-0.39, 0.29) is 5.91 Å². The van der Waals surface area contributed by atoms with Crippen LogP contribution in [0.1, 0.15) is 21.5 Å². The number of aryl methyl sites for hydroxylation is 2. The molecule has 1 N–H and O–H groups in total. The standard InChI is InChI=1S/C20H21N3O3S/c1-13-10-16(26-9-8-25-3)11-14(2)18(13)17-12-27-20(22-17)23-19(24)15-4-6-21-7-5-15/h4-7,10-12H,8-9H2,1-3H3,(H,22,23,24). The SMILES string of the molecule is COCCOc1cc(C)c(-c2csc(NC(=O)c3ccncc3)n2)c(C)c1. The highest BCUT2D eigenvalue weighted by Crippen LogP contribution is 2.33. The zero-order valence-corrected chi connectivity index (χ0v) is 16.3. The van der Waals surface area contributed by atoms with Crippen molar-refractivity contribution in [1.82, 2.24) is 9.97 Å². The van der Waals surface area contributed by atoms with Crippen molar-refractivity contribution in [2.75, 3.05) is 25.6 Å². The number of thiazole rings is 1. The zero-order chi connectivity index (χ0) is 19.2. The first kappa shape index (κ1) is 19.0. The van der Waals surface area contributed by atoms with E-state index in [1.165, 1.54) is 11.3 Å². The molecule has 0 aliphatic carbocycles. The van der Waals surface area contributed by atoms with E-state index in [4.69, 9.17) is 9.47 Å². The molecule has 140 valence electrons. The molecule has 0 spiro atoms. The van der Waals surface area contributed by atoms with Gasteiger partial charge in [-0.2, -0.15) is 0 Å². The normalized spacial score (nSPS) is 10.6. The summed E-state index contributed by atoms with van der Waals surface area (Å²) in [5, 5.41) is 5.34. The van der Waals surface area contributed by atoms with Crippen molar-refractivity contribution in [2.45, 2.75) is 13.8 Å². The van der Waals surface area contributed by atoms with Crippen molar-refractivity contribution in [3.05, 3.63) is 58.7 Å². The summed E-state index contributed by atoms with van der Waals surface area (Å²) in [7, 11) is 1.65. The van der Waals surface area contributed by atoms with E-state index in [0.29, 0.717) is 23.9 Å². The molecular formula is C20H21N3O3S. The Hall–Kier alpha value is -2.77.